The average molecular weight is 387 g/mol. The second kappa shape index (κ2) is 10.5. The first-order valence-corrected chi connectivity index (χ1v) is 11.3. The number of ketones is 1. The van der Waals surface area contributed by atoms with E-state index < -0.39 is 6.10 Å². The van der Waals surface area contributed by atoms with Crippen LogP contribution in [0.1, 0.15) is 57.9 Å². The van der Waals surface area contributed by atoms with E-state index in [2.05, 4.69) is 29.3 Å². The number of hydrogen-bond donors (Lipinski definition) is 2. The minimum absolute atomic E-state index is 0.103. The lowest BCUT2D eigenvalue weighted by Crippen LogP contribution is -2.54. The number of Topliss-reactive ketones (excluding diaryl/α,β-unsaturated/α-hetero) is 1. The third kappa shape index (κ3) is 5.88. The summed E-state index contributed by atoms with van der Waals surface area (Å²) >= 11 is 0. The third-order valence-corrected chi connectivity index (χ3v) is 6.94. The van der Waals surface area contributed by atoms with Crippen LogP contribution in [-0.4, -0.2) is 53.6 Å². The molecule has 28 heavy (non-hydrogen) atoms. The Balaban J connectivity index is 1.62. The fourth-order valence-electron chi connectivity index (χ4n) is 5.11. The van der Waals surface area contributed by atoms with Crippen molar-refractivity contribution in [2.45, 2.75) is 77.0 Å². The summed E-state index contributed by atoms with van der Waals surface area (Å²) in [5, 5.41) is 14.5. The summed E-state index contributed by atoms with van der Waals surface area (Å²) in [4.78, 5) is 14.3. The lowest BCUT2D eigenvalue weighted by molar-refractivity contribution is -0.118. The second-order valence-corrected chi connectivity index (χ2v) is 8.98. The molecule has 2 N–H and O–H groups in total. The minimum atomic E-state index is -0.479. The number of fused-ring (bicyclic) bond motifs is 1. The van der Waals surface area contributed by atoms with E-state index in [0.29, 0.717) is 25.6 Å². The van der Waals surface area contributed by atoms with Crippen LogP contribution in [0.3, 0.4) is 0 Å². The van der Waals surface area contributed by atoms with Gasteiger partial charge in [0.05, 0.1) is 12.6 Å². The number of nitrogens with zero attached hydrogens (tertiary/aromatic N) is 1. The van der Waals surface area contributed by atoms with Crippen LogP contribution in [0, 0.1) is 11.8 Å². The predicted molar refractivity (Wildman–Crippen MR) is 114 cm³/mol. The fourth-order valence-corrected chi connectivity index (χ4v) is 5.11. The highest BCUT2D eigenvalue weighted by Crippen LogP contribution is 2.38. The van der Waals surface area contributed by atoms with Gasteiger partial charge in [0.1, 0.15) is 5.78 Å². The van der Waals surface area contributed by atoms with Crippen LogP contribution in [0.5, 0.6) is 0 Å². The molecule has 4 unspecified atom stereocenters. The van der Waals surface area contributed by atoms with E-state index in [9.17, 15) is 9.90 Å². The molecule has 3 rings (SSSR count). The second-order valence-electron chi connectivity index (χ2n) is 8.98. The van der Waals surface area contributed by atoms with Crippen LogP contribution in [0.25, 0.3) is 0 Å². The molecular weight excluding hydrogens is 348 g/mol. The van der Waals surface area contributed by atoms with E-state index in [-0.39, 0.29) is 11.8 Å². The van der Waals surface area contributed by atoms with Gasteiger partial charge in [-0.1, -0.05) is 56.5 Å². The maximum Gasteiger partial charge on any atom is 0.146 e. The quantitative estimate of drug-likeness (QED) is 0.683. The van der Waals surface area contributed by atoms with E-state index >= 15 is 0 Å². The molecule has 1 saturated heterocycles. The molecule has 4 nitrogen and oxygen atoms in total. The first-order valence-electron chi connectivity index (χ1n) is 11.3. The van der Waals surface area contributed by atoms with Crippen molar-refractivity contribution in [1.29, 1.82) is 0 Å². The van der Waals surface area contributed by atoms with Crippen molar-refractivity contribution in [3.8, 4) is 0 Å². The lowest BCUT2D eigenvalue weighted by atomic mass is 9.73. The lowest BCUT2D eigenvalue weighted by Gasteiger charge is -2.46. The van der Waals surface area contributed by atoms with Crippen LogP contribution in [0.4, 0.5) is 0 Å². The number of aliphatic hydroxyl groups excluding tert-OH is 1. The van der Waals surface area contributed by atoms with Gasteiger partial charge in [0.2, 0.25) is 0 Å². The van der Waals surface area contributed by atoms with Gasteiger partial charge in [-0.15, -0.1) is 0 Å². The molecule has 0 amide bonds. The third-order valence-electron chi connectivity index (χ3n) is 6.94. The van der Waals surface area contributed by atoms with E-state index in [4.69, 9.17) is 0 Å². The molecule has 156 valence electrons. The number of β-amino-alcohol motifs (C(OH)–C–C–N with tert-alkyl or cyclic N) is 1. The molecule has 0 aromatic heterocycles. The number of likely N-dealkylation sites (tertiary alicyclic amines) is 1. The molecule has 1 saturated carbocycles. The first kappa shape index (κ1) is 21.5. The molecule has 4 heteroatoms. The number of carbonyl (C=O) groups is 1. The number of hydrogen-bond acceptors (Lipinski definition) is 4. The van der Waals surface area contributed by atoms with Gasteiger partial charge in [-0.2, -0.15) is 0 Å². The van der Waals surface area contributed by atoms with Crippen LogP contribution < -0.4 is 5.32 Å². The summed E-state index contributed by atoms with van der Waals surface area (Å²) in [6.45, 7) is 6.36. The Morgan fingerprint density at radius 3 is 2.64 bits per heavy atom. The smallest absolute Gasteiger partial charge is 0.146 e. The molecule has 1 aliphatic carbocycles. The van der Waals surface area contributed by atoms with Gasteiger partial charge in [-0.25, -0.2) is 0 Å². The molecule has 0 bridgehead atoms. The van der Waals surface area contributed by atoms with Crippen LogP contribution in [-0.2, 0) is 11.2 Å². The topological polar surface area (TPSA) is 52.6 Å². The molecule has 1 aromatic rings. The predicted octanol–water partition coefficient (Wildman–Crippen LogP) is 3.43. The maximum absolute atomic E-state index is 11.8. The van der Waals surface area contributed by atoms with Crippen molar-refractivity contribution in [1.82, 2.24) is 10.2 Å². The van der Waals surface area contributed by atoms with Gasteiger partial charge in [-0.05, 0) is 43.6 Å². The maximum atomic E-state index is 11.8. The van der Waals surface area contributed by atoms with Crippen LogP contribution in [0.15, 0.2) is 30.3 Å². The van der Waals surface area contributed by atoms with Crippen LogP contribution >= 0.6 is 0 Å². The summed E-state index contributed by atoms with van der Waals surface area (Å²) in [6, 6.07) is 10.7. The normalized spacial score (nSPS) is 27.8. The summed E-state index contributed by atoms with van der Waals surface area (Å²) in [7, 11) is 0. The summed E-state index contributed by atoms with van der Waals surface area (Å²) in [5.41, 5.74) is 1.20. The summed E-state index contributed by atoms with van der Waals surface area (Å²) in [6.07, 6.45) is 7.56. The van der Waals surface area contributed by atoms with Gasteiger partial charge < -0.3 is 10.4 Å². The van der Waals surface area contributed by atoms with E-state index in [1.165, 1.54) is 37.7 Å². The van der Waals surface area contributed by atoms with Gasteiger partial charge in [-0.3, -0.25) is 9.69 Å². The van der Waals surface area contributed by atoms with Gasteiger partial charge in [0, 0.05) is 31.6 Å². The molecule has 1 aromatic carbocycles. The Hall–Kier alpha value is -1.23. The molecule has 2 fully saturated rings. The van der Waals surface area contributed by atoms with E-state index in [1.807, 2.05) is 25.1 Å². The summed E-state index contributed by atoms with van der Waals surface area (Å²) in [5.74, 6) is 1.89. The number of rotatable bonds is 9. The first-order chi connectivity index (χ1) is 13.6. The minimum Gasteiger partial charge on any atom is -0.390 e. The molecular formula is C24H38N2O2. The van der Waals surface area contributed by atoms with Crippen LogP contribution in [0.2, 0.25) is 0 Å². The van der Waals surface area contributed by atoms with Gasteiger partial charge in [0.25, 0.3) is 0 Å². The van der Waals surface area contributed by atoms with Crippen molar-refractivity contribution < 1.29 is 9.90 Å². The van der Waals surface area contributed by atoms with Crippen molar-refractivity contribution in [2.75, 3.05) is 19.6 Å². The standard InChI is InChI=1S/C24H38N2O2/c1-3-22(27)15-25-23(14-19-9-5-4-6-10-19)24(28)17-26-16-21-12-8-7-11-20(21)13-18(26)2/h4-6,9-10,18,20-21,23-25,28H,3,7-8,11-17H2,1-2H3/t18-,20?,21?,23?,24?/m1/s1. The van der Waals surface area contributed by atoms with Crippen molar-refractivity contribution in [2.24, 2.45) is 11.8 Å². The monoisotopic (exact) mass is 386 g/mol. The van der Waals surface area contributed by atoms with E-state index in [1.54, 1.807) is 0 Å². The number of benzene rings is 1. The highest BCUT2D eigenvalue weighted by molar-refractivity contribution is 5.80. The molecule has 0 radical (unpaired) electrons. The van der Waals surface area contributed by atoms with Crippen molar-refractivity contribution in [3.63, 3.8) is 0 Å². The molecule has 0 spiro atoms. The Kier molecular flexibility index (Phi) is 8.07. The van der Waals surface area contributed by atoms with Gasteiger partial charge in [0.15, 0.2) is 0 Å². The highest BCUT2D eigenvalue weighted by atomic mass is 16.3. The van der Waals surface area contributed by atoms with Gasteiger partial charge >= 0.3 is 0 Å². The zero-order valence-electron chi connectivity index (χ0n) is 17.6. The molecule has 2 aliphatic rings. The highest BCUT2D eigenvalue weighted by Gasteiger charge is 2.36. The number of aliphatic hydroxyl groups is 1. The SMILES string of the molecule is CCC(=O)CNC(Cc1ccccc1)C(O)CN1CC2CCCCC2C[C@H]1C. The largest absolute Gasteiger partial charge is 0.390 e. The molecule has 1 heterocycles. The molecule has 1 aliphatic heterocycles. The summed E-state index contributed by atoms with van der Waals surface area (Å²) < 4.78 is 0. The fraction of sp³-hybridized carbons (Fsp3) is 0.708. The van der Waals surface area contributed by atoms with Crippen molar-refractivity contribution in [3.05, 3.63) is 35.9 Å². The van der Waals surface area contributed by atoms with E-state index in [0.717, 1.165) is 24.8 Å². The molecule has 5 atom stereocenters. The zero-order chi connectivity index (χ0) is 19.9. The number of carbonyl (C=O) groups excluding carboxylic acids is 1. The Labute approximate surface area is 170 Å². The Bertz CT molecular complexity index is 606. The Morgan fingerprint density at radius 1 is 1.21 bits per heavy atom. The Morgan fingerprint density at radius 2 is 1.93 bits per heavy atom. The zero-order valence-corrected chi connectivity index (χ0v) is 17.6. The number of piperidine rings is 1. The average Bonchev–Trinajstić information content (AvgIpc) is 2.72. The van der Waals surface area contributed by atoms with Crippen molar-refractivity contribution >= 4 is 5.78 Å². The number of nitrogens with one attached hydrogen (secondary N) is 1.